The smallest absolute Gasteiger partial charge is 0.124 e. The van der Waals surface area contributed by atoms with Gasteiger partial charge in [-0.3, -0.25) is 0 Å². The summed E-state index contributed by atoms with van der Waals surface area (Å²) in [5.41, 5.74) is 8.24. The molecule has 0 fully saturated rings. The van der Waals surface area contributed by atoms with Gasteiger partial charge in [0.15, 0.2) is 0 Å². The Morgan fingerprint density at radius 1 is 1.20 bits per heavy atom. The summed E-state index contributed by atoms with van der Waals surface area (Å²) in [7, 11) is 1.67. The van der Waals surface area contributed by atoms with Crippen molar-refractivity contribution in [2.75, 3.05) is 7.11 Å². The number of methoxy groups -OCH3 is 1. The van der Waals surface area contributed by atoms with Crippen molar-refractivity contribution >= 4 is 23.4 Å². The maximum Gasteiger partial charge on any atom is 0.124 e. The molecule has 0 saturated carbocycles. The summed E-state index contributed by atoms with van der Waals surface area (Å²) in [4.78, 5) is 1.14. The zero-order chi connectivity index (χ0) is 14.5. The van der Waals surface area contributed by atoms with E-state index in [9.17, 15) is 0 Å². The van der Waals surface area contributed by atoms with Crippen LogP contribution in [0.15, 0.2) is 47.4 Å². The number of nitrogens with two attached hydrogens (primary N) is 1. The average Bonchev–Trinajstić information content (AvgIpc) is 2.45. The standard InChI is InChI=1S/C16H18ClNOS/c1-11(18)16-14(19-2)8-5-9-15(16)20-10-12-6-3-4-7-13(12)17/h3-9,11H,10,18H2,1-2H3. The second kappa shape index (κ2) is 7.02. The third-order valence-electron chi connectivity index (χ3n) is 3.04. The zero-order valence-electron chi connectivity index (χ0n) is 11.6. The summed E-state index contributed by atoms with van der Waals surface area (Å²) in [5, 5.41) is 0.797. The van der Waals surface area contributed by atoms with Crippen molar-refractivity contribution in [3.05, 3.63) is 58.6 Å². The molecule has 1 unspecified atom stereocenters. The molecule has 0 spiro atoms. The van der Waals surface area contributed by atoms with Gasteiger partial charge in [0, 0.05) is 27.3 Å². The molecular weight excluding hydrogens is 290 g/mol. The maximum atomic E-state index is 6.19. The summed E-state index contributed by atoms with van der Waals surface area (Å²) in [6, 6.07) is 13.8. The molecule has 0 radical (unpaired) electrons. The van der Waals surface area contributed by atoms with Gasteiger partial charge in [-0.05, 0) is 30.7 Å². The van der Waals surface area contributed by atoms with E-state index < -0.39 is 0 Å². The van der Waals surface area contributed by atoms with Crippen LogP contribution in [-0.2, 0) is 5.75 Å². The number of hydrogen-bond donors (Lipinski definition) is 1. The topological polar surface area (TPSA) is 35.2 Å². The van der Waals surface area contributed by atoms with Crippen LogP contribution in [0, 0.1) is 0 Å². The van der Waals surface area contributed by atoms with Crippen LogP contribution in [0.4, 0.5) is 0 Å². The molecular formula is C16H18ClNOS. The number of ether oxygens (including phenoxy) is 1. The average molecular weight is 308 g/mol. The highest BCUT2D eigenvalue weighted by molar-refractivity contribution is 7.98. The van der Waals surface area contributed by atoms with Crippen LogP contribution >= 0.6 is 23.4 Å². The van der Waals surface area contributed by atoms with Crippen molar-refractivity contribution < 1.29 is 4.74 Å². The second-order valence-electron chi connectivity index (χ2n) is 4.54. The lowest BCUT2D eigenvalue weighted by Crippen LogP contribution is -2.08. The summed E-state index contributed by atoms with van der Waals surface area (Å²) in [6.45, 7) is 1.97. The fraction of sp³-hybridized carbons (Fsp3) is 0.250. The van der Waals surface area contributed by atoms with Crippen LogP contribution in [0.5, 0.6) is 5.75 Å². The second-order valence-corrected chi connectivity index (χ2v) is 5.97. The predicted molar refractivity (Wildman–Crippen MR) is 86.6 cm³/mol. The molecule has 1 atom stereocenters. The molecule has 0 aliphatic rings. The fourth-order valence-electron chi connectivity index (χ4n) is 2.05. The van der Waals surface area contributed by atoms with Crippen molar-refractivity contribution in [2.45, 2.75) is 23.6 Å². The van der Waals surface area contributed by atoms with Gasteiger partial charge < -0.3 is 10.5 Å². The minimum atomic E-state index is -0.0695. The van der Waals surface area contributed by atoms with Crippen LogP contribution in [0.2, 0.25) is 5.02 Å². The normalized spacial score (nSPS) is 12.2. The highest BCUT2D eigenvalue weighted by Crippen LogP contribution is 2.36. The number of halogens is 1. The molecule has 2 rings (SSSR count). The minimum Gasteiger partial charge on any atom is -0.496 e. The van der Waals surface area contributed by atoms with Gasteiger partial charge in [0.2, 0.25) is 0 Å². The van der Waals surface area contributed by atoms with E-state index in [0.29, 0.717) is 0 Å². The summed E-state index contributed by atoms with van der Waals surface area (Å²) < 4.78 is 5.40. The Morgan fingerprint density at radius 2 is 1.95 bits per heavy atom. The quantitative estimate of drug-likeness (QED) is 0.816. The van der Waals surface area contributed by atoms with Crippen LogP contribution in [-0.4, -0.2) is 7.11 Å². The Hall–Kier alpha value is -1.16. The van der Waals surface area contributed by atoms with Gasteiger partial charge in [-0.25, -0.2) is 0 Å². The van der Waals surface area contributed by atoms with Crippen molar-refractivity contribution in [3.63, 3.8) is 0 Å². The van der Waals surface area contributed by atoms with E-state index >= 15 is 0 Å². The van der Waals surface area contributed by atoms with E-state index in [2.05, 4.69) is 6.07 Å². The lowest BCUT2D eigenvalue weighted by Gasteiger charge is -2.16. The summed E-state index contributed by atoms with van der Waals surface area (Å²) in [6.07, 6.45) is 0. The van der Waals surface area contributed by atoms with Crippen molar-refractivity contribution in [2.24, 2.45) is 5.73 Å². The van der Waals surface area contributed by atoms with Gasteiger partial charge in [0.05, 0.1) is 7.11 Å². The molecule has 2 N–H and O–H groups in total. The first kappa shape index (κ1) is 15.2. The first-order valence-electron chi connectivity index (χ1n) is 6.42. The van der Waals surface area contributed by atoms with E-state index in [1.807, 2.05) is 43.3 Å². The highest BCUT2D eigenvalue weighted by Gasteiger charge is 2.13. The highest BCUT2D eigenvalue weighted by atomic mass is 35.5. The van der Waals surface area contributed by atoms with Crippen molar-refractivity contribution in [3.8, 4) is 5.75 Å². The molecule has 106 valence electrons. The molecule has 0 bridgehead atoms. The van der Waals surface area contributed by atoms with Gasteiger partial charge in [0.25, 0.3) is 0 Å². The van der Waals surface area contributed by atoms with Crippen LogP contribution in [0.3, 0.4) is 0 Å². The SMILES string of the molecule is COc1cccc(SCc2ccccc2Cl)c1C(C)N. The lowest BCUT2D eigenvalue weighted by atomic mass is 10.1. The Labute approximate surface area is 129 Å². The van der Waals surface area contributed by atoms with Crippen LogP contribution < -0.4 is 10.5 Å². The van der Waals surface area contributed by atoms with Gasteiger partial charge in [-0.2, -0.15) is 0 Å². The largest absolute Gasteiger partial charge is 0.496 e. The van der Waals surface area contributed by atoms with E-state index in [-0.39, 0.29) is 6.04 Å². The molecule has 0 aliphatic heterocycles. The number of hydrogen-bond acceptors (Lipinski definition) is 3. The van der Waals surface area contributed by atoms with Gasteiger partial charge in [-0.15, -0.1) is 11.8 Å². The van der Waals surface area contributed by atoms with Crippen molar-refractivity contribution in [1.29, 1.82) is 0 Å². The Bertz CT molecular complexity index is 586. The fourth-order valence-corrected chi connectivity index (χ4v) is 3.51. The van der Waals surface area contributed by atoms with E-state index in [1.54, 1.807) is 18.9 Å². The molecule has 0 saturated heterocycles. The lowest BCUT2D eigenvalue weighted by molar-refractivity contribution is 0.405. The Balaban J connectivity index is 2.24. The third-order valence-corrected chi connectivity index (χ3v) is 4.53. The zero-order valence-corrected chi connectivity index (χ0v) is 13.2. The molecule has 2 nitrogen and oxygen atoms in total. The van der Waals surface area contributed by atoms with Gasteiger partial charge in [-0.1, -0.05) is 35.9 Å². The van der Waals surface area contributed by atoms with Crippen LogP contribution in [0.25, 0.3) is 0 Å². The monoisotopic (exact) mass is 307 g/mol. The minimum absolute atomic E-state index is 0.0695. The molecule has 2 aromatic rings. The Morgan fingerprint density at radius 3 is 2.60 bits per heavy atom. The number of rotatable bonds is 5. The maximum absolute atomic E-state index is 6.19. The van der Waals surface area contributed by atoms with E-state index in [4.69, 9.17) is 22.1 Å². The predicted octanol–water partition coefficient (Wildman–Crippen LogP) is 4.66. The molecule has 0 amide bonds. The molecule has 20 heavy (non-hydrogen) atoms. The number of thioether (sulfide) groups is 1. The summed E-state index contributed by atoms with van der Waals surface area (Å²) >= 11 is 7.92. The van der Waals surface area contributed by atoms with E-state index in [1.165, 1.54) is 0 Å². The first-order valence-corrected chi connectivity index (χ1v) is 7.78. The third kappa shape index (κ3) is 3.48. The van der Waals surface area contributed by atoms with Gasteiger partial charge in [0.1, 0.15) is 5.75 Å². The van der Waals surface area contributed by atoms with Gasteiger partial charge >= 0.3 is 0 Å². The summed E-state index contributed by atoms with van der Waals surface area (Å²) in [5.74, 6) is 1.65. The first-order chi connectivity index (χ1) is 9.63. The molecule has 0 aliphatic carbocycles. The Kier molecular flexibility index (Phi) is 5.35. The molecule has 0 heterocycles. The molecule has 2 aromatic carbocycles. The number of benzene rings is 2. The van der Waals surface area contributed by atoms with E-state index in [0.717, 1.165) is 32.5 Å². The molecule has 4 heteroatoms. The van der Waals surface area contributed by atoms with Crippen LogP contribution in [0.1, 0.15) is 24.1 Å². The van der Waals surface area contributed by atoms with Crippen molar-refractivity contribution in [1.82, 2.24) is 0 Å². The molecule has 0 aromatic heterocycles.